The number of terminal acetylenes is 1. The van der Waals surface area contributed by atoms with Crippen molar-refractivity contribution >= 4 is 11.6 Å². The highest BCUT2D eigenvalue weighted by atomic mass is 16.1. The zero-order valence-electron chi connectivity index (χ0n) is 9.42. The van der Waals surface area contributed by atoms with Crippen LogP contribution < -0.4 is 10.6 Å². The molecular weight excluding hydrogens is 200 g/mol. The summed E-state index contributed by atoms with van der Waals surface area (Å²) in [5.41, 5.74) is 2.73. The van der Waals surface area contributed by atoms with E-state index in [1.807, 2.05) is 6.07 Å². The Hall–Kier alpha value is -2.21. The lowest BCUT2D eigenvalue weighted by molar-refractivity contribution is 0.0963. The van der Waals surface area contributed by atoms with Gasteiger partial charge in [-0.15, -0.1) is 6.42 Å². The van der Waals surface area contributed by atoms with E-state index in [0.717, 1.165) is 11.3 Å². The largest absolute Gasteiger partial charge is 0.388 e. The van der Waals surface area contributed by atoms with Crippen LogP contribution in [-0.4, -0.2) is 20.0 Å². The summed E-state index contributed by atoms with van der Waals surface area (Å²) in [6.45, 7) is 3.83. The van der Waals surface area contributed by atoms with Crippen molar-refractivity contribution in [1.82, 2.24) is 10.6 Å². The van der Waals surface area contributed by atoms with Gasteiger partial charge in [-0.3, -0.25) is 4.79 Å². The van der Waals surface area contributed by atoms with Crippen molar-refractivity contribution in [3.63, 3.8) is 0 Å². The fourth-order valence-electron chi connectivity index (χ4n) is 1.30. The second-order valence-electron chi connectivity index (χ2n) is 3.25. The van der Waals surface area contributed by atoms with Crippen molar-refractivity contribution in [1.29, 1.82) is 0 Å². The summed E-state index contributed by atoms with van der Waals surface area (Å²) in [7, 11) is 3.35. The Morgan fingerprint density at radius 2 is 1.88 bits per heavy atom. The Labute approximate surface area is 95.6 Å². The number of carbonyl (C=O) groups excluding carboxylic acids is 1. The lowest BCUT2D eigenvalue weighted by atomic mass is 10.0. The Bertz CT molecular complexity index is 435. The lowest BCUT2D eigenvalue weighted by Crippen LogP contribution is -2.18. The first-order valence-electron chi connectivity index (χ1n) is 4.83. The van der Waals surface area contributed by atoms with Crippen molar-refractivity contribution < 1.29 is 4.79 Å². The SMILES string of the molecule is C#Cc1cc(C(=C)NC)cc(C(=O)NC)c1. The van der Waals surface area contributed by atoms with Gasteiger partial charge < -0.3 is 10.6 Å². The molecule has 0 unspecified atom stereocenters. The van der Waals surface area contributed by atoms with Crippen LogP contribution in [0.3, 0.4) is 0 Å². The van der Waals surface area contributed by atoms with E-state index in [0.29, 0.717) is 11.1 Å². The van der Waals surface area contributed by atoms with Gasteiger partial charge in [-0.2, -0.15) is 0 Å². The fraction of sp³-hybridized carbons (Fsp3) is 0.154. The molecule has 0 bridgehead atoms. The quantitative estimate of drug-likeness (QED) is 0.743. The maximum atomic E-state index is 11.5. The van der Waals surface area contributed by atoms with E-state index < -0.39 is 0 Å². The third-order valence-electron chi connectivity index (χ3n) is 2.24. The van der Waals surface area contributed by atoms with Crippen molar-refractivity contribution in [3.8, 4) is 12.3 Å². The number of hydrogen-bond acceptors (Lipinski definition) is 2. The number of carbonyl (C=O) groups is 1. The first-order valence-corrected chi connectivity index (χ1v) is 4.83. The molecule has 0 atom stereocenters. The first kappa shape index (κ1) is 11.9. The van der Waals surface area contributed by atoms with E-state index in [4.69, 9.17) is 6.42 Å². The van der Waals surface area contributed by atoms with Gasteiger partial charge in [0.05, 0.1) is 0 Å². The van der Waals surface area contributed by atoms with Crippen LogP contribution in [0.2, 0.25) is 0 Å². The van der Waals surface area contributed by atoms with Gasteiger partial charge in [0.15, 0.2) is 0 Å². The van der Waals surface area contributed by atoms with Crippen LogP contribution in [0, 0.1) is 12.3 Å². The maximum absolute atomic E-state index is 11.5. The Balaban J connectivity index is 3.27. The zero-order chi connectivity index (χ0) is 12.1. The van der Waals surface area contributed by atoms with Crippen LogP contribution in [0.15, 0.2) is 24.8 Å². The molecule has 0 aromatic heterocycles. The van der Waals surface area contributed by atoms with Gasteiger partial charge in [-0.25, -0.2) is 0 Å². The minimum absolute atomic E-state index is 0.165. The van der Waals surface area contributed by atoms with Gasteiger partial charge in [0.25, 0.3) is 5.91 Å². The summed E-state index contributed by atoms with van der Waals surface area (Å²) in [4.78, 5) is 11.5. The Morgan fingerprint density at radius 1 is 1.25 bits per heavy atom. The van der Waals surface area contributed by atoms with Crippen LogP contribution in [0.5, 0.6) is 0 Å². The highest BCUT2D eigenvalue weighted by molar-refractivity contribution is 5.95. The maximum Gasteiger partial charge on any atom is 0.251 e. The minimum atomic E-state index is -0.165. The van der Waals surface area contributed by atoms with E-state index in [1.165, 1.54) is 0 Å². The molecule has 0 spiro atoms. The summed E-state index contributed by atoms with van der Waals surface area (Å²) in [5.74, 6) is 2.35. The molecule has 82 valence electrons. The molecular formula is C13H14N2O. The molecule has 1 rings (SSSR count). The van der Waals surface area contributed by atoms with Gasteiger partial charge in [0.2, 0.25) is 0 Å². The normalized spacial score (nSPS) is 9.06. The highest BCUT2D eigenvalue weighted by Crippen LogP contribution is 2.15. The predicted octanol–water partition coefficient (Wildman–Crippen LogP) is 1.22. The van der Waals surface area contributed by atoms with E-state index in [2.05, 4.69) is 23.1 Å². The molecule has 0 aliphatic rings. The number of benzene rings is 1. The molecule has 0 heterocycles. The van der Waals surface area contributed by atoms with Crippen LogP contribution in [0.1, 0.15) is 21.5 Å². The van der Waals surface area contributed by atoms with E-state index >= 15 is 0 Å². The molecule has 1 aromatic rings. The van der Waals surface area contributed by atoms with Gasteiger partial charge in [0, 0.05) is 30.9 Å². The van der Waals surface area contributed by atoms with Gasteiger partial charge in [-0.1, -0.05) is 12.5 Å². The van der Waals surface area contributed by atoms with Crippen LogP contribution in [-0.2, 0) is 0 Å². The second-order valence-corrected chi connectivity index (χ2v) is 3.25. The van der Waals surface area contributed by atoms with Gasteiger partial charge in [-0.05, 0) is 23.8 Å². The number of hydrogen-bond donors (Lipinski definition) is 2. The average Bonchev–Trinajstić information content (AvgIpc) is 2.35. The molecule has 16 heavy (non-hydrogen) atoms. The standard InChI is InChI=1S/C13H14N2O/c1-5-10-6-11(9(2)14-3)8-12(7-10)13(16)15-4/h1,6-8,14H,2H2,3-4H3,(H,15,16). The summed E-state index contributed by atoms with van der Waals surface area (Å²) in [6.07, 6.45) is 5.34. The van der Waals surface area contributed by atoms with Crippen molar-refractivity contribution in [3.05, 3.63) is 41.5 Å². The smallest absolute Gasteiger partial charge is 0.251 e. The molecule has 0 fully saturated rings. The van der Waals surface area contributed by atoms with E-state index in [-0.39, 0.29) is 5.91 Å². The van der Waals surface area contributed by atoms with Crippen molar-refractivity contribution in [2.24, 2.45) is 0 Å². The molecule has 0 saturated heterocycles. The molecule has 0 aliphatic heterocycles. The highest BCUT2D eigenvalue weighted by Gasteiger charge is 2.07. The fourth-order valence-corrected chi connectivity index (χ4v) is 1.30. The van der Waals surface area contributed by atoms with Crippen LogP contribution in [0.4, 0.5) is 0 Å². The zero-order valence-corrected chi connectivity index (χ0v) is 9.42. The second kappa shape index (κ2) is 5.04. The molecule has 0 aliphatic carbocycles. The average molecular weight is 214 g/mol. The van der Waals surface area contributed by atoms with E-state index in [9.17, 15) is 4.79 Å². The van der Waals surface area contributed by atoms with Crippen molar-refractivity contribution in [2.45, 2.75) is 0 Å². The summed E-state index contributed by atoms with van der Waals surface area (Å²) in [6, 6.07) is 5.23. The van der Waals surface area contributed by atoms with E-state index in [1.54, 1.807) is 26.2 Å². The van der Waals surface area contributed by atoms with Crippen molar-refractivity contribution in [2.75, 3.05) is 14.1 Å². The first-order chi connectivity index (χ1) is 7.62. The Morgan fingerprint density at radius 3 is 2.38 bits per heavy atom. The lowest BCUT2D eigenvalue weighted by Gasteiger charge is -2.08. The number of rotatable bonds is 3. The molecule has 3 heteroatoms. The molecule has 3 nitrogen and oxygen atoms in total. The monoisotopic (exact) mass is 214 g/mol. The minimum Gasteiger partial charge on any atom is -0.388 e. The van der Waals surface area contributed by atoms with Crippen LogP contribution >= 0.6 is 0 Å². The third kappa shape index (κ3) is 2.43. The third-order valence-corrected chi connectivity index (χ3v) is 2.24. The number of nitrogens with one attached hydrogen (secondary N) is 2. The molecule has 0 saturated carbocycles. The molecule has 1 amide bonds. The summed E-state index contributed by atoms with van der Waals surface area (Å²) >= 11 is 0. The Kier molecular flexibility index (Phi) is 3.73. The predicted molar refractivity (Wildman–Crippen MR) is 65.9 cm³/mol. The molecule has 0 radical (unpaired) electrons. The summed E-state index contributed by atoms with van der Waals surface area (Å²) < 4.78 is 0. The molecule has 1 aromatic carbocycles. The van der Waals surface area contributed by atoms with Gasteiger partial charge >= 0.3 is 0 Å². The number of amides is 1. The summed E-state index contributed by atoms with van der Waals surface area (Å²) in [5, 5.41) is 5.48. The topological polar surface area (TPSA) is 41.1 Å². The van der Waals surface area contributed by atoms with Gasteiger partial charge in [0.1, 0.15) is 0 Å². The van der Waals surface area contributed by atoms with Crippen LogP contribution in [0.25, 0.3) is 5.70 Å². The molecule has 2 N–H and O–H groups in total.